The Morgan fingerprint density at radius 2 is 1.86 bits per heavy atom. The number of ether oxygens (including phenoxy) is 1. The van der Waals surface area contributed by atoms with E-state index in [1.807, 2.05) is 4.90 Å². The molecule has 1 heterocycles. The number of methoxy groups -OCH3 is 1. The van der Waals surface area contributed by atoms with Crippen LogP contribution in [-0.4, -0.2) is 63.4 Å². The number of hydrogen-bond donors (Lipinski definition) is 1. The third kappa shape index (κ3) is 3.52. The minimum Gasteiger partial charge on any atom is -0.468 e. The highest BCUT2D eigenvalue weighted by Crippen LogP contribution is 2.22. The Kier molecular flexibility index (Phi) is 4.81. The van der Waals surface area contributed by atoms with Crippen molar-refractivity contribution in [2.45, 2.75) is 4.90 Å². The molecular formula is C13H19N3O4S. The highest BCUT2D eigenvalue weighted by Gasteiger charge is 2.30. The number of carbonyl (C=O) groups is 1. The first-order valence-corrected chi connectivity index (χ1v) is 8.03. The minimum atomic E-state index is -3.58. The summed E-state index contributed by atoms with van der Waals surface area (Å²) in [5.74, 6) is -0.321. The average molecular weight is 313 g/mol. The van der Waals surface area contributed by atoms with E-state index in [0.717, 1.165) is 0 Å². The maximum Gasteiger partial charge on any atom is 0.319 e. The van der Waals surface area contributed by atoms with Crippen LogP contribution >= 0.6 is 0 Å². The molecule has 0 unspecified atom stereocenters. The fourth-order valence-corrected chi connectivity index (χ4v) is 3.77. The Labute approximate surface area is 124 Å². The van der Waals surface area contributed by atoms with Crippen LogP contribution in [-0.2, 0) is 19.6 Å². The van der Waals surface area contributed by atoms with Gasteiger partial charge >= 0.3 is 5.97 Å². The number of nitrogens with two attached hydrogens (primary N) is 1. The summed E-state index contributed by atoms with van der Waals surface area (Å²) in [4.78, 5) is 13.2. The molecule has 0 radical (unpaired) electrons. The summed E-state index contributed by atoms with van der Waals surface area (Å²) in [6, 6.07) is 6.42. The zero-order valence-electron chi connectivity index (χ0n) is 11.9. The van der Waals surface area contributed by atoms with Crippen molar-refractivity contribution in [1.29, 1.82) is 0 Å². The number of anilines is 1. The van der Waals surface area contributed by atoms with Crippen molar-refractivity contribution in [2.24, 2.45) is 0 Å². The quantitative estimate of drug-likeness (QED) is 0.608. The van der Waals surface area contributed by atoms with Crippen LogP contribution in [0.3, 0.4) is 0 Å². The van der Waals surface area contributed by atoms with Gasteiger partial charge in [0.25, 0.3) is 0 Å². The molecule has 1 aliphatic heterocycles. The summed E-state index contributed by atoms with van der Waals surface area (Å²) >= 11 is 0. The molecule has 1 saturated heterocycles. The maximum absolute atomic E-state index is 12.5. The lowest BCUT2D eigenvalue weighted by molar-refractivity contribution is -0.142. The number of carbonyl (C=O) groups excluding carboxylic acids is 1. The number of piperazine rings is 1. The molecule has 2 rings (SSSR count). The van der Waals surface area contributed by atoms with Gasteiger partial charge < -0.3 is 10.5 Å². The Morgan fingerprint density at radius 1 is 1.24 bits per heavy atom. The molecule has 0 aromatic heterocycles. The number of nitrogen functional groups attached to an aromatic ring is 1. The van der Waals surface area contributed by atoms with E-state index in [1.54, 1.807) is 18.2 Å². The van der Waals surface area contributed by atoms with Gasteiger partial charge in [-0.25, -0.2) is 8.42 Å². The highest BCUT2D eigenvalue weighted by molar-refractivity contribution is 7.89. The van der Waals surface area contributed by atoms with Crippen molar-refractivity contribution >= 4 is 21.7 Å². The smallest absolute Gasteiger partial charge is 0.319 e. The summed E-state index contributed by atoms with van der Waals surface area (Å²) < 4.78 is 31.1. The van der Waals surface area contributed by atoms with Gasteiger partial charge in [0.05, 0.1) is 19.3 Å². The summed E-state index contributed by atoms with van der Waals surface area (Å²) in [7, 11) is -2.25. The summed E-state index contributed by atoms with van der Waals surface area (Å²) in [6.07, 6.45) is 0. The van der Waals surface area contributed by atoms with Crippen molar-refractivity contribution in [2.75, 3.05) is 45.6 Å². The van der Waals surface area contributed by atoms with Crippen LogP contribution in [0.5, 0.6) is 0 Å². The molecule has 8 heteroatoms. The van der Waals surface area contributed by atoms with Crippen molar-refractivity contribution in [3.8, 4) is 0 Å². The maximum atomic E-state index is 12.5. The number of nitrogens with zero attached hydrogens (tertiary/aromatic N) is 2. The van der Waals surface area contributed by atoms with E-state index in [0.29, 0.717) is 26.2 Å². The van der Waals surface area contributed by atoms with E-state index in [1.165, 1.54) is 17.5 Å². The average Bonchev–Trinajstić information content (AvgIpc) is 2.48. The Hall–Kier alpha value is -1.64. The number of hydrogen-bond acceptors (Lipinski definition) is 6. The Balaban J connectivity index is 2.05. The standard InChI is InChI=1S/C13H19N3O4S/c1-20-13(17)10-15-6-8-16(9-7-15)21(18,19)12-5-3-2-4-11(12)14/h2-5H,6-10,14H2,1H3. The van der Waals surface area contributed by atoms with Gasteiger partial charge in [-0.3, -0.25) is 9.69 Å². The van der Waals surface area contributed by atoms with Crippen LogP contribution < -0.4 is 5.73 Å². The summed E-state index contributed by atoms with van der Waals surface area (Å²) in [6.45, 7) is 1.81. The number of rotatable bonds is 4. The number of para-hydroxylation sites is 1. The molecule has 7 nitrogen and oxygen atoms in total. The van der Waals surface area contributed by atoms with Crippen LogP contribution in [0.4, 0.5) is 5.69 Å². The van der Waals surface area contributed by atoms with Crippen molar-refractivity contribution in [3.05, 3.63) is 24.3 Å². The fourth-order valence-electron chi connectivity index (χ4n) is 2.23. The number of sulfonamides is 1. The zero-order chi connectivity index (χ0) is 15.5. The summed E-state index contributed by atoms with van der Waals surface area (Å²) in [5.41, 5.74) is 5.99. The second-order valence-electron chi connectivity index (χ2n) is 4.79. The molecule has 0 aliphatic carbocycles. The molecule has 0 spiro atoms. The van der Waals surface area contributed by atoms with Gasteiger partial charge in [-0.1, -0.05) is 12.1 Å². The van der Waals surface area contributed by atoms with E-state index >= 15 is 0 Å². The van der Waals surface area contributed by atoms with Crippen molar-refractivity contribution < 1.29 is 17.9 Å². The van der Waals surface area contributed by atoms with E-state index in [-0.39, 0.29) is 23.1 Å². The highest BCUT2D eigenvalue weighted by atomic mass is 32.2. The van der Waals surface area contributed by atoms with Gasteiger partial charge in [0.15, 0.2) is 0 Å². The normalized spacial score (nSPS) is 17.6. The van der Waals surface area contributed by atoms with E-state index in [4.69, 9.17) is 5.73 Å². The van der Waals surface area contributed by atoms with Gasteiger partial charge in [-0.2, -0.15) is 4.31 Å². The first-order chi connectivity index (χ1) is 9.95. The Bertz CT molecular complexity index is 610. The first-order valence-electron chi connectivity index (χ1n) is 6.59. The lowest BCUT2D eigenvalue weighted by Gasteiger charge is -2.33. The monoisotopic (exact) mass is 313 g/mol. The molecule has 1 fully saturated rings. The first kappa shape index (κ1) is 15.7. The molecule has 0 atom stereocenters. The molecular weight excluding hydrogens is 294 g/mol. The molecule has 1 aromatic rings. The SMILES string of the molecule is COC(=O)CN1CCN(S(=O)(=O)c2ccccc2N)CC1. The lowest BCUT2D eigenvalue weighted by atomic mass is 10.3. The predicted molar refractivity (Wildman–Crippen MR) is 78.1 cm³/mol. The van der Waals surface area contributed by atoms with E-state index < -0.39 is 10.0 Å². The largest absolute Gasteiger partial charge is 0.468 e. The van der Waals surface area contributed by atoms with Crippen LogP contribution in [0.1, 0.15) is 0 Å². The molecule has 1 aliphatic rings. The molecule has 116 valence electrons. The van der Waals surface area contributed by atoms with Crippen molar-refractivity contribution in [3.63, 3.8) is 0 Å². The van der Waals surface area contributed by atoms with Crippen LogP contribution in [0.25, 0.3) is 0 Å². The second-order valence-corrected chi connectivity index (χ2v) is 6.70. The second kappa shape index (κ2) is 6.42. The zero-order valence-corrected chi connectivity index (χ0v) is 12.7. The number of esters is 1. The Morgan fingerprint density at radius 3 is 2.43 bits per heavy atom. The summed E-state index contributed by atoms with van der Waals surface area (Å²) in [5, 5.41) is 0. The molecule has 0 amide bonds. The minimum absolute atomic E-state index is 0.131. The van der Waals surface area contributed by atoms with E-state index in [2.05, 4.69) is 4.74 Å². The number of benzene rings is 1. The van der Waals surface area contributed by atoms with Crippen molar-refractivity contribution in [1.82, 2.24) is 9.21 Å². The fraction of sp³-hybridized carbons (Fsp3) is 0.462. The molecule has 2 N–H and O–H groups in total. The van der Waals surface area contributed by atoms with Crippen LogP contribution in [0, 0.1) is 0 Å². The van der Waals surface area contributed by atoms with Gasteiger partial charge in [0.2, 0.25) is 10.0 Å². The molecule has 0 saturated carbocycles. The van der Waals surface area contributed by atoms with Crippen LogP contribution in [0.15, 0.2) is 29.2 Å². The van der Waals surface area contributed by atoms with Gasteiger partial charge in [-0.15, -0.1) is 0 Å². The molecule has 0 bridgehead atoms. The van der Waals surface area contributed by atoms with Gasteiger partial charge in [-0.05, 0) is 12.1 Å². The van der Waals surface area contributed by atoms with Gasteiger partial charge in [0.1, 0.15) is 4.90 Å². The third-order valence-electron chi connectivity index (χ3n) is 3.45. The third-order valence-corrected chi connectivity index (χ3v) is 5.42. The molecule has 21 heavy (non-hydrogen) atoms. The topological polar surface area (TPSA) is 92.9 Å². The van der Waals surface area contributed by atoms with E-state index in [9.17, 15) is 13.2 Å². The predicted octanol–water partition coefficient (Wildman–Crippen LogP) is -0.252. The lowest BCUT2D eigenvalue weighted by Crippen LogP contribution is -2.50. The van der Waals surface area contributed by atoms with Gasteiger partial charge in [0, 0.05) is 26.2 Å². The van der Waals surface area contributed by atoms with Crippen LogP contribution in [0.2, 0.25) is 0 Å². The molecule has 1 aromatic carbocycles.